The minimum absolute atomic E-state index is 0.157. The van der Waals surface area contributed by atoms with Gasteiger partial charge in [-0.1, -0.05) is 29.9 Å². The van der Waals surface area contributed by atoms with Crippen LogP contribution in [-0.4, -0.2) is 22.4 Å². The van der Waals surface area contributed by atoms with Crippen LogP contribution < -0.4 is 4.74 Å². The van der Waals surface area contributed by atoms with Crippen molar-refractivity contribution in [3.63, 3.8) is 0 Å². The van der Waals surface area contributed by atoms with Gasteiger partial charge in [-0.25, -0.2) is 0 Å². The highest BCUT2D eigenvalue weighted by molar-refractivity contribution is 5.72. The van der Waals surface area contributed by atoms with E-state index < -0.39 is 0 Å². The molecule has 0 aliphatic rings. The van der Waals surface area contributed by atoms with Gasteiger partial charge < -0.3 is 20.1 Å². The lowest BCUT2D eigenvalue weighted by molar-refractivity contribution is 0.401. The molecule has 2 aromatic rings. The number of ether oxygens (including phenoxy) is 1. The molecule has 0 unspecified atom stereocenters. The number of methoxy groups -OCH3 is 1. The zero-order valence-electron chi connectivity index (χ0n) is 14.1. The summed E-state index contributed by atoms with van der Waals surface area (Å²) in [5.74, 6) is 0.477. The largest absolute Gasteiger partial charge is 0.507 e. The maximum absolute atomic E-state index is 10.3. The Morgan fingerprint density at radius 3 is 2.21 bits per heavy atom. The van der Waals surface area contributed by atoms with E-state index in [2.05, 4.69) is 0 Å². The molecule has 2 rings (SSSR count). The van der Waals surface area contributed by atoms with Crippen molar-refractivity contribution in [1.82, 2.24) is 0 Å². The minimum atomic E-state index is -0.172. The first-order chi connectivity index (χ1) is 11.4. The second-order valence-electron chi connectivity index (χ2n) is 5.79. The first-order valence-electron chi connectivity index (χ1n) is 7.64. The van der Waals surface area contributed by atoms with Gasteiger partial charge in [0.05, 0.1) is 7.11 Å². The third kappa shape index (κ3) is 4.32. The summed E-state index contributed by atoms with van der Waals surface area (Å²) < 4.78 is 5.39. The lowest BCUT2D eigenvalue weighted by Gasteiger charge is -2.11. The van der Waals surface area contributed by atoms with Crippen LogP contribution >= 0.6 is 0 Å². The van der Waals surface area contributed by atoms with E-state index >= 15 is 0 Å². The molecule has 0 amide bonds. The van der Waals surface area contributed by atoms with Gasteiger partial charge in [0.15, 0.2) is 11.5 Å². The molecule has 0 aliphatic carbocycles. The highest BCUT2D eigenvalue weighted by Gasteiger charge is 2.09. The number of hydrogen-bond donors (Lipinski definition) is 3. The number of aromatic hydroxyl groups is 3. The maximum Gasteiger partial charge on any atom is 0.157 e. The topological polar surface area (TPSA) is 69.9 Å². The highest BCUT2D eigenvalue weighted by Crippen LogP contribution is 2.32. The Morgan fingerprint density at radius 2 is 1.58 bits per heavy atom. The molecular formula is C20H22O4. The minimum Gasteiger partial charge on any atom is -0.507 e. The summed E-state index contributed by atoms with van der Waals surface area (Å²) in [6, 6.07) is 8.10. The summed E-state index contributed by atoms with van der Waals surface area (Å²) in [4.78, 5) is 0. The number of phenols is 3. The number of hydrogen-bond acceptors (Lipinski definition) is 4. The van der Waals surface area contributed by atoms with Crippen LogP contribution in [0.15, 0.2) is 42.0 Å². The fourth-order valence-corrected chi connectivity index (χ4v) is 2.28. The van der Waals surface area contributed by atoms with Crippen molar-refractivity contribution >= 4 is 12.2 Å². The quantitative estimate of drug-likeness (QED) is 0.430. The van der Waals surface area contributed by atoms with E-state index in [1.54, 1.807) is 31.4 Å². The molecule has 0 heterocycles. The molecule has 0 aromatic heterocycles. The third-order valence-corrected chi connectivity index (χ3v) is 3.61. The van der Waals surface area contributed by atoms with Gasteiger partial charge in [0, 0.05) is 5.56 Å². The van der Waals surface area contributed by atoms with Crippen molar-refractivity contribution in [1.29, 1.82) is 0 Å². The lowest BCUT2D eigenvalue weighted by atomic mass is 10.0. The molecule has 0 aliphatic heterocycles. The van der Waals surface area contributed by atoms with E-state index in [1.807, 2.05) is 26.0 Å². The molecule has 4 nitrogen and oxygen atoms in total. The molecule has 3 N–H and O–H groups in total. The summed E-state index contributed by atoms with van der Waals surface area (Å²) in [5.41, 5.74) is 3.43. The van der Waals surface area contributed by atoms with Gasteiger partial charge in [-0.05, 0) is 55.7 Å². The van der Waals surface area contributed by atoms with Crippen LogP contribution in [0.4, 0.5) is 0 Å². The Hall–Kier alpha value is -2.88. The molecule has 0 spiro atoms. The van der Waals surface area contributed by atoms with Crippen molar-refractivity contribution in [2.24, 2.45) is 0 Å². The third-order valence-electron chi connectivity index (χ3n) is 3.61. The van der Waals surface area contributed by atoms with Gasteiger partial charge >= 0.3 is 0 Å². The van der Waals surface area contributed by atoms with Crippen LogP contribution in [0, 0.1) is 0 Å². The van der Waals surface area contributed by atoms with Gasteiger partial charge in [0.1, 0.15) is 11.5 Å². The average molecular weight is 326 g/mol. The number of phenolic OH excluding ortho intramolecular Hbond substituents is 3. The van der Waals surface area contributed by atoms with E-state index in [9.17, 15) is 15.3 Å². The van der Waals surface area contributed by atoms with Crippen molar-refractivity contribution in [2.45, 2.75) is 20.3 Å². The predicted octanol–water partition coefficient (Wildman–Crippen LogP) is 4.49. The predicted molar refractivity (Wildman–Crippen MR) is 96.5 cm³/mol. The van der Waals surface area contributed by atoms with Gasteiger partial charge in [-0.3, -0.25) is 0 Å². The lowest BCUT2D eigenvalue weighted by Crippen LogP contribution is -1.93. The maximum atomic E-state index is 10.3. The van der Waals surface area contributed by atoms with Crippen molar-refractivity contribution in [2.75, 3.05) is 7.11 Å². The molecule has 24 heavy (non-hydrogen) atoms. The molecule has 0 saturated heterocycles. The molecule has 0 radical (unpaired) electrons. The number of benzene rings is 2. The molecule has 2 aromatic carbocycles. The van der Waals surface area contributed by atoms with Crippen molar-refractivity contribution in [3.8, 4) is 23.0 Å². The summed E-state index contributed by atoms with van der Waals surface area (Å²) in [5, 5.41) is 29.1. The van der Waals surface area contributed by atoms with Crippen LogP contribution in [0.2, 0.25) is 0 Å². The van der Waals surface area contributed by atoms with Crippen LogP contribution in [-0.2, 0) is 6.42 Å². The zero-order chi connectivity index (χ0) is 17.7. The van der Waals surface area contributed by atoms with Crippen LogP contribution in [0.1, 0.15) is 30.5 Å². The first kappa shape index (κ1) is 17.5. The normalized spacial score (nSPS) is 10.8. The molecule has 0 bridgehead atoms. The van der Waals surface area contributed by atoms with Gasteiger partial charge in [0.25, 0.3) is 0 Å². The second kappa shape index (κ2) is 7.59. The van der Waals surface area contributed by atoms with Gasteiger partial charge in [0.2, 0.25) is 0 Å². The van der Waals surface area contributed by atoms with Crippen LogP contribution in [0.3, 0.4) is 0 Å². The van der Waals surface area contributed by atoms with E-state index in [0.29, 0.717) is 12.2 Å². The van der Waals surface area contributed by atoms with Crippen LogP contribution in [0.5, 0.6) is 23.0 Å². The van der Waals surface area contributed by atoms with Crippen molar-refractivity contribution < 1.29 is 20.1 Å². The Labute approximate surface area is 142 Å². The van der Waals surface area contributed by atoms with Crippen molar-refractivity contribution in [3.05, 3.63) is 58.7 Å². The van der Waals surface area contributed by atoms with Crippen LogP contribution in [0.25, 0.3) is 12.2 Å². The van der Waals surface area contributed by atoms with E-state index in [-0.39, 0.29) is 17.2 Å². The molecule has 126 valence electrons. The highest BCUT2D eigenvalue weighted by atomic mass is 16.5. The summed E-state index contributed by atoms with van der Waals surface area (Å²) in [6.07, 6.45) is 6.22. The van der Waals surface area contributed by atoms with Gasteiger partial charge in [-0.2, -0.15) is 0 Å². The molecule has 0 saturated carbocycles. The first-order valence-corrected chi connectivity index (χ1v) is 7.64. The molecular weight excluding hydrogens is 304 g/mol. The monoisotopic (exact) mass is 326 g/mol. The van der Waals surface area contributed by atoms with E-state index in [0.717, 1.165) is 16.7 Å². The zero-order valence-corrected chi connectivity index (χ0v) is 14.1. The SMILES string of the molecule is COc1cc(/C=C/c2ccc(O)c(O)c2)cc(O)c1CC=C(C)C. The Morgan fingerprint density at radius 1 is 0.917 bits per heavy atom. The average Bonchev–Trinajstić information content (AvgIpc) is 2.54. The fourth-order valence-electron chi connectivity index (χ4n) is 2.28. The Bertz CT molecular complexity index is 784. The number of allylic oxidation sites excluding steroid dienone is 2. The summed E-state index contributed by atoms with van der Waals surface area (Å²) in [7, 11) is 1.58. The number of rotatable bonds is 5. The summed E-state index contributed by atoms with van der Waals surface area (Å²) in [6.45, 7) is 4.02. The molecule has 0 fully saturated rings. The second-order valence-corrected chi connectivity index (χ2v) is 5.79. The Kier molecular flexibility index (Phi) is 5.53. The smallest absolute Gasteiger partial charge is 0.157 e. The van der Waals surface area contributed by atoms with Gasteiger partial charge in [-0.15, -0.1) is 0 Å². The standard InChI is InChI=1S/C20H22O4/c1-13(2)4-8-16-18(22)11-15(12-20(16)24-3)6-5-14-7-9-17(21)19(23)10-14/h4-7,9-12,21-23H,8H2,1-3H3/b6-5+. The fraction of sp³-hybridized carbons (Fsp3) is 0.200. The molecule has 4 heteroatoms. The van der Waals surface area contributed by atoms with E-state index in [4.69, 9.17) is 4.74 Å². The Balaban J connectivity index is 2.31. The summed E-state index contributed by atoms with van der Waals surface area (Å²) >= 11 is 0. The molecule has 0 atom stereocenters. The van der Waals surface area contributed by atoms with E-state index in [1.165, 1.54) is 17.7 Å².